The van der Waals surface area contributed by atoms with E-state index < -0.39 is 47.5 Å². The molecule has 1 rings (SSSR count). The summed E-state index contributed by atoms with van der Waals surface area (Å²) < 4.78 is 10.4. The molecule has 0 aliphatic rings. The topological polar surface area (TPSA) is 137 Å². The van der Waals surface area contributed by atoms with Gasteiger partial charge in [0.25, 0.3) is 0 Å². The van der Waals surface area contributed by atoms with Gasteiger partial charge in [-0.2, -0.15) is 0 Å². The number of esters is 2. The Balaban J connectivity index is 2.57. The second kappa shape index (κ2) is 12.9. The number of hydrogen-bond acceptors (Lipinski definition) is 7. The van der Waals surface area contributed by atoms with Crippen LogP contribution in [0.1, 0.15) is 59.9 Å². The highest BCUT2D eigenvalue weighted by Crippen LogP contribution is 2.10. The number of nitrogens with two attached hydrogens (primary N) is 1. The molecule has 0 unspecified atom stereocenters. The van der Waals surface area contributed by atoms with Crippen LogP contribution in [0.2, 0.25) is 0 Å². The summed E-state index contributed by atoms with van der Waals surface area (Å²) >= 11 is 0. The number of hydrogen-bond donors (Lipinski definition) is 3. The van der Waals surface area contributed by atoms with Crippen LogP contribution in [-0.2, 0) is 35.3 Å². The molecule has 184 valence electrons. The fourth-order valence-corrected chi connectivity index (χ4v) is 2.81. The highest BCUT2D eigenvalue weighted by atomic mass is 16.6. The smallest absolute Gasteiger partial charge is 0.328 e. The molecule has 0 aliphatic heterocycles. The molecule has 0 aliphatic carbocycles. The number of nitrogens with one attached hydrogen (secondary N) is 2. The zero-order valence-corrected chi connectivity index (χ0v) is 20.3. The van der Waals surface area contributed by atoms with Crippen molar-refractivity contribution >= 4 is 23.8 Å². The van der Waals surface area contributed by atoms with E-state index in [1.165, 1.54) is 6.92 Å². The summed E-state index contributed by atoms with van der Waals surface area (Å²) in [6.45, 7) is 10.4. The van der Waals surface area contributed by atoms with Crippen LogP contribution in [0.15, 0.2) is 30.3 Å². The molecule has 0 bridgehead atoms. The van der Waals surface area contributed by atoms with Gasteiger partial charge in [-0.15, -0.1) is 0 Å². The zero-order chi connectivity index (χ0) is 25.2. The second-order valence-electron chi connectivity index (χ2n) is 9.29. The Hall–Kier alpha value is -2.94. The molecule has 0 saturated carbocycles. The van der Waals surface area contributed by atoms with Crippen molar-refractivity contribution in [1.29, 1.82) is 0 Å². The molecule has 0 saturated heterocycles. The van der Waals surface area contributed by atoms with E-state index >= 15 is 0 Å². The van der Waals surface area contributed by atoms with Crippen molar-refractivity contribution in [1.82, 2.24) is 10.6 Å². The first-order chi connectivity index (χ1) is 15.3. The maximum atomic E-state index is 12.7. The van der Waals surface area contributed by atoms with E-state index in [9.17, 15) is 19.2 Å². The van der Waals surface area contributed by atoms with Crippen LogP contribution >= 0.6 is 0 Å². The van der Waals surface area contributed by atoms with Crippen LogP contribution in [0.3, 0.4) is 0 Å². The van der Waals surface area contributed by atoms with Gasteiger partial charge in [-0.1, -0.05) is 44.2 Å². The average Bonchev–Trinajstić information content (AvgIpc) is 2.72. The van der Waals surface area contributed by atoms with Crippen LogP contribution in [0, 0.1) is 5.92 Å². The SMILES string of the molecule is CC(C)[C@H](NC(=O)[C@@H](N)CCC(=O)OC(C)(C)C)C(=O)N[C@@H](C)C(=O)OCc1ccccc1. The molecule has 1 aromatic carbocycles. The minimum absolute atomic E-state index is 0.0192. The number of ether oxygens (including phenoxy) is 2. The maximum absolute atomic E-state index is 12.7. The Morgan fingerprint density at radius 2 is 1.58 bits per heavy atom. The standard InChI is InChI=1S/C24H37N3O6/c1-15(2)20(27-21(29)18(25)12-13-19(28)33-24(4,5)6)22(30)26-16(3)23(31)32-14-17-10-8-7-9-11-17/h7-11,15-16,18,20H,12-14,25H2,1-6H3,(H,26,30)(H,27,29)/t16-,18-,20-/m0/s1. The normalized spacial score (nSPS) is 14.1. The first-order valence-corrected chi connectivity index (χ1v) is 11.1. The molecular weight excluding hydrogens is 426 g/mol. The van der Waals surface area contributed by atoms with Crippen molar-refractivity contribution in [2.75, 3.05) is 0 Å². The lowest BCUT2D eigenvalue weighted by Crippen LogP contribution is -2.56. The fourth-order valence-electron chi connectivity index (χ4n) is 2.81. The van der Waals surface area contributed by atoms with Crippen molar-refractivity contribution in [3.8, 4) is 0 Å². The first-order valence-electron chi connectivity index (χ1n) is 11.1. The van der Waals surface area contributed by atoms with Gasteiger partial charge in [-0.25, -0.2) is 4.79 Å². The first kappa shape index (κ1) is 28.1. The Kier molecular flexibility index (Phi) is 11.0. The minimum atomic E-state index is -0.986. The summed E-state index contributed by atoms with van der Waals surface area (Å²) in [7, 11) is 0. The molecular formula is C24H37N3O6. The van der Waals surface area contributed by atoms with Crippen molar-refractivity contribution in [2.24, 2.45) is 11.7 Å². The van der Waals surface area contributed by atoms with Crippen molar-refractivity contribution in [3.63, 3.8) is 0 Å². The molecule has 1 aromatic rings. The van der Waals surface area contributed by atoms with Gasteiger partial charge in [-0.3, -0.25) is 14.4 Å². The molecule has 0 aromatic heterocycles. The van der Waals surface area contributed by atoms with E-state index in [0.29, 0.717) is 0 Å². The highest BCUT2D eigenvalue weighted by molar-refractivity contribution is 5.92. The number of carbonyl (C=O) groups excluding carboxylic acids is 4. The third-order valence-electron chi connectivity index (χ3n) is 4.60. The predicted molar refractivity (Wildman–Crippen MR) is 124 cm³/mol. The molecule has 4 N–H and O–H groups in total. The van der Waals surface area contributed by atoms with Gasteiger partial charge >= 0.3 is 11.9 Å². The third-order valence-corrected chi connectivity index (χ3v) is 4.60. The lowest BCUT2D eigenvalue weighted by Gasteiger charge is -2.25. The summed E-state index contributed by atoms with van der Waals surface area (Å²) in [6, 6.07) is 6.39. The van der Waals surface area contributed by atoms with E-state index in [2.05, 4.69) is 10.6 Å². The molecule has 0 heterocycles. The summed E-state index contributed by atoms with van der Waals surface area (Å²) in [5.74, 6) is -2.39. The summed E-state index contributed by atoms with van der Waals surface area (Å²) in [5.41, 5.74) is 6.11. The minimum Gasteiger partial charge on any atom is -0.460 e. The lowest BCUT2D eigenvalue weighted by atomic mass is 10.0. The van der Waals surface area contributed by atoms with Gasteiger partial charge in [0.2, 0.25) is 11.8 Å². The lowest BCUT2D eigenvalue weighted by molar-refractivity contribution is -0.155. The fraction of sp³-hybridized carbons (Fsp3) is 0.583. The summed E-state index contributed by atoms with van der Waals surface area (Å²) in [4.78, 5) is 49.3. The van der Waals surface area contributed by atoms with Crippen LogP contribution < -0.4 is 16.4 Å². The van der Waals surface area contributed by atoms with Gasteiger partial charge in [0.1, 0.15) is 24.3 Å². The van der Waals surface area contributed by atoms with Crippen LogP contribution in [0.5, 0.6) is 0 Å². The molecule has 2 amide bonds. The van der Waals surface area contributed by atoms with E-state index in [0.717, 1.165) is 5.56 Å². The van der Waals surface area contributed by atoms with Gasteiger partial charge in [0, 0.05) is 6.42 Å². The third kappa shape index (κ3) is 11.0. The Bertz CT molecular complexity index is 804. The molecule has 9 heteroatoms. The van der Waals surface area contributed by atoms with E-state index in [-0.39, 0.29) is 25.4 Å². The molecule has 0 spiro atoms. The zero-order valence-electron chi connectivity index (χ0n) is 20.3. The molecule has 9 nitrogen and oxygen atoms in total. The molecule has 3 atom stereocenters. The van der Waals surface area contributed by atoms with Gasteiger partial charge in [-0.05, 0) is 45.6 Å². The van der Waals surface area contributed by atoms with Crippen molar-refractivity contribution in [2.45, 2.75) is 84.7 Å². The number of amides is 2. The van der Waals surface area contributed by atoms with Gasteiger partial charge in [0.15, 0.2) is 0 Å². The quantitative estimate of drug-likeness (QED) is 0.426. The summed E-state index contributed by atoms with van der Waals surface area (Å²) in [5, 5.41) is 5.18. The van der Waals surface area contributed by atoms with E-state index in [1.54, 1.807) is 34.6 Å². The molecule has 33 heavy (non-hydrogen) atoms. The van der Waals surface area contributed by atoms with Crippen molar-refractivity contribution in [3.05, 3.63) is 35.9 Å². The van der Waals surface area contributed by atoms with Crippen LogP contribution in [0.25, 0.3) is 0 Å². The molecule has 0 fully saturated rings. The maximum Gasteiger partial charge on any atom is 0.328 e. The van der Waals surface area contributed by atoms with Crippen LogP contribution in [0.4, 0.5) is 0 Å². The molecule has 0 radical (unpaired) electrons. The van der Waals surface area contributed by atoms with Crippen molar-refractivity contribution < 1.29 is 28.7 Å². The van der Waals surface area contributed by atoms with Gasteiger partial charge < -0.3 is 25.8 Å². The monoisotopic (exact) mass is 463 g/mol. The second-order valence-corrected chi connectivity index (χ2v) is 9.29. The average molecular weight is 464 g/mol. The van der Waals surface area contributed by atoms with E-state index in [4.69, 9.17) is 15.2 Å². The number of rotatable bonds is 11. The Morgan fingerprint density at radius 3 is 2.12 bits per heavy atom. The van der Waals surface area contributed by atoms with Gasteiger partial charge in [0.05, 0.1) is 6.04 Å². The Morgan fingerprint density at radius 1 is 0.970 bits per heavy atom. The summed E-state index contributed by atoms with van der Waals surface area (Å²) in [6.07, 6.45) is 0.0596. The Labute approximate surface area is 195 Å². The highest BCUT2D eigenvalue weighted by Gasteiger charge is 2.29. The predicted octanol–water partition coefficient (Wildman–Crippen LogP) is 1.82. The van der Waals surface area contributed by atoms with E-state index in [1.807, 2.05) is 30.3 Å². The number of carbonyl (C=O) groups is 4. The van der Waals surface area contributed by atoms with Crippen LogP contribution in [-0.4, -0.2) is 47.5 Å². The number of benzene rings is 1. The largest absolute Gasteiger partial charge is 0.460 e.